The molecule has 0 bridgehead atoms. The van der Waals surface area contributed by atoms with E-state index in [0.717, 1.165) is 35.6 Å². The van der Waals surface area contributed by atoms with E-state index in [9.17, 15) is 9.90 Å². The fraction of sp³-hybridized carbons (Fsp3) is 0.440. The SMILES string of the molecule is CCCC(C(=O)O)c1ccc(N2CCOCC2C(C)C)c(Nc2ccc(C#N)cc2)c1. The Hall–Kier alpha value is -3.04. The third-order valence-electron chi connectivity index (χ3n) is 5.84. The fourth-order valence-corrected chi connectivity index (χ4v) is 4.10. The van der Waals surface area contributed by atoms with Crippen molar-refractivity contribution >= 4 is 23.0 Å². The van der Waals surface area contributed by atoms with Gasteiger partial charge in [-0.1, -0.05) is 33.3 Å². The van der Waals surface area contributed by atoms with E-state index in [1.807, 2.05) is 37.3 Å². The molecule has 2 aromatic rings. The average molecular weight is 422 g/mol. The van der Waals surface area contributed by atoms with Gasteiger partial charge in [-0.2, -0.15) is 5.26 Å². The van der Waals surface area contributed by atoms with Crippen LogP contribution in [-0.4, -0.2) is 36.9 Å². The predicted molar refractivity (Wildman–Crippen MR) is 123 cm³/mol. The van der Waals surface area contributed by atoms with Crippen molar-refractivity contribution in [3.8, 4) is 6.07 Å². The Balaban J connectivity index is 2.03. The van der Waals surface area contributed by atoms with Crippen molar-refractivity contribution in [3.63, 3.8) is 0 Å². The number of carbonyl (C=O) groups is 1. The topological polar surface area (TPSA) is 85.6 Å². The summed E-state index contributed by atoms with van der Waals surface area (Å²) >= 11 is 0. The minimum Gasteiger partial charge on any atom is -0.481 e. The zero-order valence-corrected chi connectivity index (χ0v) is 18.5. The van der Waals surface area contributed by atoms with Crippen molar-refractivity contribution < 1.29 is 14.6 Å². The summed E-state index contributed by atoms with van der Waals surface area (Å²) in [6, 6.07) is 15.6. The van der Waals surface area contributed by atoms with E-state index < -0.39 is 11.9 Å². The van der Waals surface area contributed by atoms with Crippen LogP contribution in [0.15, 0.2) is 42.5 Å². The summed E-state index contributed by atoms with van der Waals surface area (Å²) in [4.78, 5) is 14.2. The quantitative estimate of drug-likeness (QED) is 0.614. The first-order valence-electron chi connectivity index (χ1n) is 10.9. The first-order chi connectivity index (χ1) is 14.9. The molecule has 0 radical (unpaired) electrons. The first kappa shape index (κ1) is 22.6. The lowest BCUT2D eigenvalue weighted by atomic mass is 9.93. The molecule has 31 heavy (non-hydrogen) atoms. The van der Waals surface area contributed by atoms with Crippen molar-refractivity contribution in [1.29, 1.82) is 5.26 Å². The third kappa shape index (κ3) is 5.36. The Bertz CT molecular complexity index is 934. The summed E-state index contributed by atoms with van der Waals surface area (Å²) in [5, 5.41) is 22.3. The Morgan fingerprint density at radius 3 is 2.65 bits per heavy atom. The van der Waals surface area contributed by atoms with E-state index in [1.54, 1.807) is 12.1 Å². The predicted octanol–water partition coefficient (Wildman–Crippen LogP) is 5.13. The lowest BCUT2D eigenvalue weighted by Gasteiger charge is -2.40. The molecule has 3 rings (SSSR count). The van der Waals surface area contributed by atoms with E-state index in [0.29, 0.717) is 31.1 Å². The van der Waals surface area contributed by atoms with E-state index in [2.05, 4.69) is 30.1 Å². The number of rotatable bonds is 8. The molecular formula is C25H31N3O3. The van der Waals surface area contributed by atoms with Crippen LogP contribution in [0.4, 0.5) is 17.1 Å². The van der Waals surface area contributed by atoms with Gasteiger partial charge in [0.1, 0.15) is 0 Å². The standard InChI is InChI=1S/C25H31N3O3/c1-4-5-21(25(29)30)19-8-11-23(28-12-13-31-16-24(28)17(2)3)22(14-19)27-20-9-6-18(15-26)7-10-20/h6-11,14,17,21,24,27H,4-5,12-13,16H2,1-3H3,(H,29,30). The van der Waals surface area contributed by atoms with Gasteiger partial charge in [0.25, 0.3) is 0 Å². The molecule has 164 valence electrons. The summed E-state index contributed by atoms with van der Waals surface area (Å²) in [6.45, 7) is 8.49. The molecule has 1 heterocycles. The van der Waals surface area contributed by atoms with Gasteiger partial charge in [0, 0.05) is 12.2 Å². The number of aliphatic carboxylic acids is 1. The summed E-state index contributed by atoms with van der Waals surface area (Å²) in [5.41, 5.74) is 4.16. The first-order valence-corrected chi connectivity index (χ1v) is 10.9. The minimum atomic E-state index is -0.801. The van der Waals surface area contributed by atoms with Crippen LogP contribution >= 0.6 is 0 Å². The van der Waals surface area contributed by atoms with E-state index in [4.69, 9.17) is 10.00 Å². The number of carboxylic acids is 1. The zero-order chi connectivity index (χ0) is 22.4. The van der Waals surface area contributed by atoms with Crippen LogP contribution < -0.4 is 10.2 Å². The Kier molecular flexibility index (Phi) is 7.54. The Labute approximate surface area is 184 Å². The number of hydrogen-bond acceptors (Lipinski definition) is 5. The summed E-state index contributed by atoms with van der Waals surface area (Å²) in [7, 11) is 0. The number of carboxylic acid groups (broad SMARTS) is 1. The maximum absolute atomic E-state index is 11.9. The van der Waals surface area contributed by atoms with Crippen LogP contribution in [0.1, 0.15) is 50.7 Å². The van der Waals surface area contributed by atoms with Gasteiger partial charge in [-0.05, 0) is 54.3 Å². The molecule has 2 N–H and O–H groups in total. The maximum atomic E-state index is 11.9. The Morgan fingerprint density at radius 1 is 1.29 bits per heavy atom. The highest BCUT2D eigenvalue weighted by Crippen LogP contribution is 2.36. The van der Waals surface area contributed by atoms with Gasteiger partial charge in [-0.25, -0.2) is 0 Å². The van der Waals surface area contributed by atoms with Gasteiger partial charge >= 0.3 is 5.97 Å². The van der Waals surface area contributed by atoms with Crippen molar-refractivity contribution in [3.05, 3.63) is 53.6 Å². The molecule has 2 unspecified atom stereocenters. The normalized spacial score (nSPS) is 17.3. The molecule has 0 aromatic heterocycles. The minimum absolute atomic E-state index is 0.243. The van der Waals surface area contributed by atoms with Crippen molar-refractivity contribution in [2.24, 2.45) is 5.92 Å². The van der Waals surface area contributed by atoms with E-state index in [1.165, 1.54) is 0 Å². The molecule has 2 aromatic carbocycles. The van der Waals surface area contributed by atoms with Gasteiger partial charge in [0.05, 0.1) is 48.2 Å². The van der Waals surface area contributed by atoms with Crippen LogP contribution in [0.3, 0.4) is 0 Å². The molecule has 0 saturated carbocycles. The number of anilines is 3. The molecule has 2 atom stereocenters. The third-order valence-corrected chi connectivity index (χ3v) is 5.84. The lowest BCUT2D eigenvalue weighted by Crippen LogP contribution is -2.48. The highest BCUT2D eigenvalue weighted by molar-refractivity contribution is 5.81. The molecule has 1 aliphatic heterocycles. The maximum Gasteiger partial charge on any atom is 0.310 e. The summed E-state index contributed by atoms with van der Waals surface area (Å²) in [5.74, 6) is -0.925. The Morgan fingerprint density at radius 2 is 2.03 bits per heavy atom. The number of benzene rings is 2. The molecule has 0 aliphatic carbocycles. The van der Waals surface area contributed by atoms with Crippen LogP contribution in [0.25, 0.3) is 0 Å². The van der Waals surface area contributed by atoms with E-state index >= 15 is 0 Å². The highest BCUT2D eigenvalue weighted by Gasteiger charge is 2.28. The number of ether oxygens (including phenoxy) is 1. The van der Waals surface area contributed by atoms with Gasteiger partial charge in [-0.15, -0.1) is 0 Å². The zero-order valence-electron chi connectivity index (χ0n) is 18.5. The van der Waals surface area contributed by atoms with Crippen molar-refractivity contribution in [2.75, 3.05) is 30.0 Å². The number of nitrogens with one attached hydrogen (secondary N) is 1. The number of nitriles is 1. The molecule has 6 nitrogen and oxygen atoms in total. The molecule has 1 aliphatic rings. The van der Waals surface area contributed by atoms with Crippen LogP contribution in [-0.2, 0) is 9.53 Å². The highest BCUT2D eigenvalue weighted by atomic mass is 16.5. The second-order valence-electron chi connectivity index (χ2n) is 8.35. The van der Waals surface area contributed by atoms with Crippen LogP contribution in [0.2, 0.25) is 0 Å². The molecule has 0 spiro atoms. The van der Waals surface area contributed by atoms with Crippen LogP contribution in [0.5, 0.6) is 0 Å². The second kappa shape index (κ2) is 10.3. The molecule has 6 heteroatoms. The molecule has 1 saturated heterocycles. The van der Waals surface area contributed by atoms with Crippen molar-refractivity contribution in [2.45, 2.75) is 45.6 Å². The summed E-state index contributed by atoms with van der Waals surface area (Å²) in [6.07, 6.45) is 1.40. The lowest BCUT2D eigenvalue weighted by molar-refractivity contribution is -0.139. The average Bonchev–Trinajstić information content (AvgIpc) is 2.77. The van der Waals surface area contributed by atoms with E-state index in [-0.39, 0.29) is 6.04 Å². The van der Waals surface area contributed by atoms with Gasteiger partial charge in [-0.3, -0.25) is 4.79 Å². The smallest absolute Gasteiger partial charge is 0.310 e. The molecule has 1 fully saturated rings. The van der Waals surface area contributed by atoms with Gasteiger partial charge in [0.2, 0.25) is 0 Å². The largest absolute Gasteiger partial charge is 0.481 e. The number of nitrogens with zero attached hydrogens (tertiary/aromatic N) is 2. The van der Waals surface area contributed by atoms with Crippen molar-refractivity contribution in [1.82, 2.24) is 0 Å². The van der Waals surface area contributed by atoms with Gasteiger partial charge in [0.15, 0.2) is 0 Å². The summed E-state index contributed by atoms with van der Waals surface area (Å²) < 4.78 is 5.73. The second-order valence-corrected chi connectivity index (χ2v) is 8.35. The number of morpholine rings is 1. The molecular weight excluding hydrogens is 390 g/mol. The van der Waals surface area contributed by atoms with Crippen LogP contribution in [0, 0.1) is 17.2 Å². The molecule has 0 amide bonds. The number of hydrogen-bond donors (Lipinski definition) is 2. The fourth-order valence-electron chi connectivity index (χ4n) is 4.10. The van der Waals surface area contributed by atoms with Gasteiger partial charge < -0.3 is 20.1 Å². The monoisotopic (exact) mass is 421 g/mol.